The number of aliphatic carboxylic acids is 1. The molecule has 0 fully saturated rings. The van der Waals surface area contributed by atoms with Crippen LogP contribution < -0.4 is 10.5 Å². The van der Waals surface area contributed by atoms with Gasteiger partial charge >= 0.3 is 5.97 Å². The minimum absolute atomic E-state index is 0.0789. The number of rotatable bonds is 3. The Labute approximate surface area is 107 Å². The summed E-state index contributed by atoms with van der Waals surface area (Å²) in [5.74, 6) is -0.890. The van der Waals surface area contributed by atoms with Gasteiger partial charge in [0.15, 0.2) is 0 Å². The van der Waals surface area contributed by atoms with Gasteiger partial charge in [-0.2, -0.15) is 0 Å². The molecule has 0 aromatic heterocycles. The highest BCUT2D eigenvalue weighted by Gasteiger charge is 2.31. The topological polar surface area (TPSA) is 72.6 Å². The maximum Gasteiger partial charge on any atom is 0.312 e. The zero-order valence-electron chi connectivity index (χ0n) is 10.8. The zero-order chi connectivity index (χ0) is 13.3. The molecule has 0 amide bonds. The number of fused-ring (bicyclic) bond motifs is 1. The quantitative estimate of drug-likeness (QED) is 0.858. The summed E-state index contributed by atoms with van der Waals surface area (Å²) in [5, 5.41) is 9.22. The Kier molecular flexibility index (Phi) is 3.30. The van der Waals surface area contributed by atoms with Crippen LogP contribution in [0.1, 0.15) is 37.3 Å². The van der Waals surface area contributed by atoms with Crippen molar-refractivity contribution in [1.29, 1.82) is 0 Å². The third kappa shape index (κ3) is 2.34. The van der Waals surface area contributed by atoms with Gasteiger partial charge in [0.2, 0.25) is 0 Å². The second-order valence-electron chi connectivity index (χ2n) is 5.32. The molecule has 1 aromatic rings. The lowest BCUT2D eigenvalue weighted by Gasteiger charge is -2.34. The molecule has 1 unspecified atom stereocenters. The van der Waals surface area contributed by atoms with Crippen molar-refractivity contribution < 1.29 is 14.6 Å². The number of hydrogen-bond acceptors (Lipinski definition) is 3. The van der Waals surface area contributed by atoms with Crippen molar-refractivity contribution in [2.45, 2.75) is 38.2 Å². The molecule has 4 heteroatoms. The molecule has 0 spiro atoms. The number of para-hydroxylation sites is 1. The monoisotopic (exact) mass is 249 g/mol. The molecule has 1 aliphatic heterocycles. The van der Waals surface area contributed by atoms with Crippen LogP contribution in [0.5, 0.6) is 5.75 Å². The van der Waals surface area contributed by atoms with E-state index in [1.54, 1.807) is 6.07 Å². The van der Waals surface area contributed by atoms with Crippen LogP contribution in [-0.4, -0.2) is 23.2 Å². The summed E-state index contributed by atoms with van der Waals surface area (Å²) >= 11 is 0. The molecule has 18 heavy (non-hydrogen) atoms. The Hall–Kier alpha value is -1.55. The molecule has 1 heterocycles. The molecule has 0 saturated heterocycles. The standard InChI is InChI=1S/C14H19NO3/c1-14(2)7-6-9-4-3-5-10(12(9)18-14)11(8-15)13(16)17/h3-5,11H,6-8,15H2,1-2H3,(H,16,17). The lowest BCUT2D eigenvalue weighted by Crippen LogP contribution is -2.34. The molecule has 1 aliphatic rings. The van der Waals surface area contributed by atoms with Crippen LogP contribution in [0.2, 0.25) is 0 Å². The summed E-state index contributed by atoms with van der Waals surface area (Å²) in [4.78, 5) is 11.2. The fourth-order valence-electron chi connectivity index (χ4n) is 2.32. The fourth-order valence-corrected chi connectivity index (χ4v) is 2.32. The van der Waals surface area contributed by atoms with Crippen LogP contribution >= 0.6 is 0 Å². The molecule has 98 valence electrons. The minimum atomic E-state index is -0.905. The van der Waals surface area contributed by atoms with E-state index < -0.39 is 11.9 Å². The lowest BCUT2D eigenvalue weighted by molar-refractivity contribution is -0.138. The van der Waals surface area contributed by atoms with Gasteiger partial charge in [0.25, 0.3) is 0 Å². The van der Waals surface area contributed by atoms with Gasteiger partial charge in [-0.25, -0.2) is 0 Å². The van der Waals surface area contributed by atoms with Gasteiger partial charge in [0, 0.05) is 12.1 Å². The van der Waals surface area contributed by atoms with Gasteiger partial charge in [0.05, 0.1) is 5.92 Å². The number of carbonyl (C=O) groups is 1. The molecule has 2 rings (SSSR count). The molecule has 0 bridgehead atoms. The number of nitrogens with two attached hydrogens (primary N) is 1. The van der Waals surface area contributed by atoms with E-state index in [0.717, 1.165) is 18.4 Å². The molecule has 1 aromatic carbocycles. The predicted molar refractivity (Wildman–Crippen MR) is 68.9 cm³/mol. The average molecular weight is 249 g/mol. The highest BCUT2D eigenvalue weighted by Crippen LogP contribution is 2.38. The first-order valence-electron chi connectivity index (χ1n) is 6.18. The van der Waals surface area contributed by atoms with Gasteiger partial charge in [-0.05, 0) is 32.3 Å². The summed E-state index contributed by atoms with van der Waals surface area (Å²) in [7, 11) is 0. The normalized spacial score (nSPS) is 18.6. The first kappa shape index (κ1) is 12.9. The van der Waals surface area contributed by atoms with Crippen molar-refractivity contribution in [2.24, 2.45) is 5.73 Å². The van der Waals surface area contributed by atoms with Crippen LogP contribution in [0.25, 0.3) is 0 Å². The summed E-state index contributed by atoms with van der Waals surface area (Å²) in [6.45, 7) is 4.12. The summed E-state index contributed by atoms with van der Waals surface area (Å²) < 4.78 is 5.96. The molecular weight excluding hydrogens is 230 g/mol. The van der Waals surface area contributed by atoms with Crippen LogP contribution in [0.15, 0.2) is 18.2 Å². The minimum Gasteiger partial charge on any atom is -0.487 e. The van der Waals surface area contributed by atoms with Crippen molar-refractivity contribution in [3.05, 3.63) is 29.3 Å². The number of carboxylic acids is 1. The molecule has 4 nitrogen and oxygen atoms in total. The predicted octanol–water partition coefficient (Wildman–Crippen LogP) is 1.92. The van der Waals surface area contributed by atoms with Crippen LogP contribution in [-0.2, 0) is 11.2 Å². The summed E-state index contributed by atoms with van der Waals surface area (Å²) in [5.41, 5.74) is 7.09. The summed E-state index contributed by atoms with van der Waals surface area (Å²) in [6.07, 6.45) is 1.84. The van der Waals surface area contributed by atoms with Crippen molar-refractivity contribution in [3.8, 4) is 5.75 Å². The summed E-state index contributed by atoms with van der Waals surface area (Å²) in [6, 6.07) is 5.66. The van der Waals surface area contributed by atoms with Crippen molar-refractivity contribution in [1.82, 2.24) is 0 Å². The first-order chi connectivity index (χ1) is 8.44. The highest BCUT2D eigenvalue weighted by atomic mass is 16.5. The Balaban J connectivity index is 2.47. The van der Waals surface area contributed by atoms with E-state index in [1.165, 1.54) is 0 Å². The third-order valence-electron chi connectivity index (χ3n) is 3.41. The Morgan fingerprint density at radius 2 is 2.28 bits per heavy atom. The van der Waals surface area contributed by atoms with Crippen LogP contribution in [0, 0.1) is 0 Å². The number of benzene rings is 1. The molecular formula is C14H19NO3. The van der Waals surface area contributed by atoms with Crippen molar-refractivity contribution in [2.75, 3.05) is 6.54 Å². The maximum atomic E-state index is 11.2. The van der Waals surface area contributed by atoms with Gasteiger partial charge in [-0.3, -0.25) is 4.79 Å². The average Bonchev–Trinajstić information content (AvgIpc) is 2.29. The van der Waals surface area contributed by atoms with E-state index in [2.05, 4.69) is 0 Å². The molecule has 3 N–H and O–H groups in total. The van der Waals surface area contributed by atoms with Gasteiger partial charge in [-0.1, -0.05) is 18.2 Å². The molecule has 0 aliphatic carbocycles. The number of aryl methyl sites for hydroxylation is 1. The van der Waals surface area contributed by atoms with E-state index in [1.807, 2.05) is 26.0 Å². The largest absolute Gasteiger partial charge is 0.487 e. The second kappa shape index (κ2) is 4.61. The fraction of sp³-hybridized carbons (Fsp3) is 0.500. The van der Waals surface area contributed by atoms with E-state index in [9.17, 15) is 9.90 Å². The van der Waals surface area contributed by atoms with E-state index in [0.29, 0.717) is 11.3 Å². The smallest absolute Gasteiger partial charge is 0.312 e. The Morgan fingerprint density at radius 3 is 2.89 bits per heavy atom. The van der Waals surface area contributed by atoms with Gasteiger partial charge in [-0.15, -0.1) is 0 Å². The third-order valence-corrected chi connectivity index (χ3v) is 3.41. The molecule has 0 saturated carbocycles. The van der Waals surface area contributed by atoms with E-state index in [-0.39, 0.29) is 12.1 Å². The zero-order valence-corrected chi connectivity index (χ0v) is 10.8. The van der Waals surface area contributed by atoms with E-state index >= 15 is 0 Å². The van der Waals surface area contributed by atoms with Gasteiger partial charge < -0.3 is 15.6 Å². The molecule has 1 atom stereocenters. The van der Waals surface area contributed by atoms with Crippen LogP contribution in [0.4, 0.5) is 0 Å². The maximum absolute atomic E-state index is 11.2. The Morgan fingerprint density at radius 1 is 1.56 bits per heavy atom. The van der Waals surface area contributed by atoms with E-state index in [4.69, 9.17) is 10.5 Å². The number of hydrogen-bond donors (Lipinski definition) is 2. The van der Waals surface area contributed by atoms with Gasteiger partial charge in [0.1, 0.15) is 11.4 Å². The highest BCUT2D eigenvalue weighted by molar-refractivity contribution is 5.78. The number of ether oxygens (including phenoxy) is 1. The molecule has 0 radical (unpaired) electrons. The first-order valence-corrected chi connectivity index (χ1v) is 6.18. The van der Waals surface area contributed by atoms with Crippen molar-refractivity contribution >= 4 is 5.97 Å². The SMILES string of the molecule is CC1(C)CCc2cccc(C(CN)C(=O)O)c2O1. The lowest BCUT2D eigenvalue weighted by atomic mass is 9.89. The second-order valence-corrected chi connectivity index (χ2v) is 5.32. The number of carboxylic acid groups (broad SMARTS) is 1. The van der Waals surface area contributed by atoms with Crippen LogP contribution in [0.3, 0.4) is 0 Å². The Bertz CT molecular complexity index is 468. The van der Waals surface area contributed by atoms with Crippen molar-refractivity contribution in [3.63, 3.8) is 0 Å².